The van der Waals surface area contributed by atoms with Gasteiger partial charge in [0.05, 0.1) is 19.1 Å². The van der Waals surface area contributed by atoms with E-state index < -0.39 is 11.4 Å². The predicted molar refractivity (Wildman–Crippen MR) is 69.4 cm³/mol. The van der Waals surface area contributed by atoms with Crippen molar-refractivity contribution in [3.63, 3.8) is 0 Å². The van der Waals surface area contributed by atoms with Crippen molar-refractivity contribution in [2.75, 3.05) is 20.3 Å². The third-order valence-electron chi connectivity index (χ3n) is 3.51. The molecule has 0 aliphatic carbocycles. The number of hydrogen-bond acceptors (Lipinski definition) is 4. The first kappa shape index (κ1) is 13.8. The largest absolute Gasteiger partial charge is 0.497 e. The van der Waals surface area contributed by atoms with Crippen LogP contribution in [0.25, 0.3) is 0 Å². The van der Waals surface area contributed by atoms with Crippen LogP contribution < -0.4 is 4.74 Å². The Balaban J connectivity index is 2.26. The molecule has 0 amide bonds. The summed E-state index contributed by atoms with van der Waals surface area (Å²) in [7, 11) is 1.59. The lowest BCUT2D eigenvalue weighted by molar-refractivity contribution is -0.157. The lowest BCUT2D eigenvalue weighted by atomic mass is 9.78. The first-order valence-electron chi connectivity index (χ1n) is 6.38. The van der Waals surface area contributed by atoms with Crippen LogP contribution in [-0.4, -0.2) is 36.4 Å². The van der Waals surface area contributed by atoms with Crippen molar-refractivity contribution in [3.8, 4) is 5.75 Å². The van der Waals surface area contributed by atoms with Crippen LogP contribution in [0.1, 0.15) is 24.2 Å². The summed E-state index contributed by atoms with van der Waals surface area (Å²) in [5.41, 5.74) is 0.709. The summed E-state index contributed by atoms with van der Waals surface area (Å²) < 4.78 is 10.6. The lowest BCUT2D eigenvalue weighted by Gasteiger charge is -2.32. The third kappa shape index (κ3) is 3.04. The molecule has 1 aliphatic heterocycles. The number of ether oxygens (including phenoxy) is 2. The number of aliphatic carboxylic acids is 1. The number of carboxylic acid groups (broad SMARTS) is 1. The molecule has 1 N–H and O–H groups in total. The predicted octanol–water partition coefficient (Wildman–Crippen LogP) is 1.82. The first-order valence-corrected chi connectivity index (χ1v) is 6.38. The molecule has 1 aliphatic rings. The molecule has 0 radical (unpaired) electrons. The number of pyridine rings is 1. The summed E-state index contributed by atoms with van der Waals surface area (Å²) in [5.74, 6) is -0.103. The molecule has 19 heavy (non-hydrogen) atoms. The number of aromatic nitrogens is 1. The van der Waals surface area contributed by atoms with Gasteiger partial charge in [0.25, 0.3) is 0 Å². The van der Waals surface area contributed by atoms with Crippen LogP contribution in [0.2, 0.25) is 0 Å². The van der Waals surface area contributed by atoms with Crippen molar-refractivity contribution in [2.24, 2.45) is 5.41 Å². The van der Waals surface area contributed by atoms with Gasteiger partial charge in [0.2, 0.25) is 0 Å². The number of rotatable bonds is 4. The smallest absolute Gasteiger partial charge is 0.312 e. The monoisotopic (exact) mass is 265 g/mol. The van der Waals surface area contributed by atoms with Crippen molar-refractivity contribution >= 4 is 5.97 Å². The van der Waals surface area contributed by atoms with E-state index in [9.17, 15) is 9.90 Å². The third-order valence-corrected chi connectivity index (χ3v) is 3.51. The Morgan fingerprint density at radius 2 is 2.37 bits per heavy atom. The molecule has 0 spiro atoms. The molecule has 5 nitrogen and oxygen atoms in total. The van der Waals surface area contributed by atoms with Crippen LogP contribution in [0.4, 0.5) is 0 Å². The van der Waals surface area contributed by atoms with Gasteiger partial charge in [-0.2, -0.15) is 0 Å². The summed E-state index contributed by atoms with van der Waals surface area (Å²) in [6.45, 7) is 2.76. The second-order valence-corrected chi connectivity index (χ2v) is 5.06. The fourth-order valence-electron chi connectivity index (χ4n) is 2.49. The maximum Gasteiger partial charge on any atom is 0.312 e. The lowest BCUT2D eigenvalue weighted by Crippen LogP contribution is -2.41. The second kappa shape index (κ2) is 5.57. The molecule has 5 heteroatoms. The second-order valence-electron chi connectivity index (χ2n) is 5.06. The Bertz CT molecular complexity index is 467. The minimum absolute atomic E-state index is 0.250. The molecule has 0 saturated carbocycles. The molecule has 1 atom stereocenters. The molecule has 2 heterocycles. The van der Waals surface area contributed by atoms with Gasteiger partial charge in [0, 0.05) is 36.5 Å². The van der Waals surface area contributed by atoms with Crippen molar-refractivity contribution < 1.29 is 19.4 Å². The van der Waals surface area contributed by atoms with Crippen LogP contribution in [0.5, 0.6) is 5.75 Å². The molecule has 1 aromatic rings. The van der Waals surface area contributed by atoms with Crippen LogP contribution in [0.3, 0.4) is 0 Å². The highest BCUT2D eigenvalue weighted by Crippen LogP contribution is 2.33. The molecule has 0 aromatic carbocycles. The highest BCUT2D eigenvalue weighted by molar-refractivity contribution is 5.75. The molecular weight excluding hydrogens is 246 g/mol. The van der Waals surface area contributed by atoms with Crippen molar-refractivity contribution in [3.05, 3.63) is 23.5 Å². The number of nitrogens with zero attached hydrogens (tertiary/aromatic N) is 1. The van der Waals surface area contributed by atoms with E-state index in [1.807, 2.05) is 13.0 Å². The zero-order valence-corrected chi connectivity index (χ0v) is 11.3. The molecule has 0 bridgehead atoms. The minimum Gasteiger partial charge on any atom is -0.497 e. The Hall–Kier alpha value is -1.62. The summed E-state index contributed by atoms with van der Waals surface area (Å²) in [5, 5.41) is 9.51. The van der Waals surface area contributed by atoms with E-state index in [0.717, 1.165) is 17.8 Å². The first-order chi connectivity index (χ1) is 9.05. The number of methoxy groups -OCH3 is 1. The van der Waals surface area contributed by atoms with E-state index in [1.54, 1.807) is 13.2 Å². The molecule has 104 valence electrons. The Labute approximate surface area is 112 Å². The van der Waals surface area contributed by atoms with Crippen LogP contribution in [0, 0.1) is 12.3 Å². The van der Waals surface area contributed by atoms with E-state index >= 15 is 0 Å². The molecule has 1 saturated heterocycles. The van der Waals surface area contributed by atoms with Gasteiger partial charge >= 0.3 is 5.97 Å². The van der Waals surface area contributed by atoms with Gasteiger partial charge in [-0.05, 0) is 19.8 Å². The van der Waals surface area contributed by atoms with E-state index in [0.29, 0.717) is 25.2 Å². The average Bonchev–Trinajstić information content (AvgIpc) is 2.38. The van der Waals surface area contributed by atoms with Crippen molar-refractivity contribution in [1.82, 2.24) is 4.98 Å². The van der Waals surface area contributed by atoms with Crippen molar-refractivity contribution in [1.29, 1.82) is 0 Å². The number of carbonyl (C=O) groups is 1. The van der Waals surface area contributed by atoms with Gasteiger partial charge < -0.3 is 14.6 Å². The van der Waals surface area contributed by atoms with E-state index in [4.69, 9.17) is 9.47 Å². The number of hydrogen-bond donors (Lipinski definition) is 1. The fourth-order valence-corrected chi connectivity index (χ4v) is 2.49. The van der Waals surface area contributed by atoms with Crippen LogP contribution in [-0.2, 0) is 16.0 Å². The van der Waals surface area contributed by atoms with Gasteiger partial charge in [-0.1, -0.05) is 0 Å². The van der Waals surface area contributed by atoms with E-state index in [1.165, 1.54) is 0 Å². The average molecular weight is 265 g/mol. The van der Waals surface area contributed by atoms with E-state index in [-0.39, 0.29) is 6.61 Å². The van der Waals surface area contributed by atoms with Gasteiger partial charge in [-0.15, -0.1) is 0 Å². The summed E-state index contributed by atoms with van der Waals surface area (Å²) in [4.78, 5) is 16.0. The van der Waals surface area contributed by atoms with Gasteiger partial charge in [0.1, 0.15) is 5.75 Å². The maximum atomic E-state index is 11.6. The number of carboxylic acids is 1. The zero-order chi connectivity index (χ0) is 13.9. The molecule has 1 aromatic heterocycles. The highest BCUT2D eigenvalue weighted by atomic mass is 16.5. The summed E-state index contributed by atoms with van der Waals surface area (Å²) >= 11 is 0. The molecule has 1 unspecified atom stereocenters. The summed E-state index contributed by atoms with van der Waals surface area (Å²) in [6, 6.07) is 3.63. The highest BCUT2D eigenvalue weighted by Gasteiger charge is 2.41. The van der Waals surface area contributed by atoms with Gasteiger partial charge in [0.15, 0.2) is 0 Å². The Kier molecular flexibility index (Phi) is 4.04. The molecule has 1 fully saturated rings. The van der Waals surface area contributed by atoms with E-state index in [2.05, 4.69) is 4.98 Å². The van der Waals surface area contributed by atoms with Gasteiger partial charge in [-0.3, -0.25) is 9.78 Å². The fraction of sp³-hybridized carbons (Fsp3) is 0.571. The minimum atomic E-state index is -0.857. The quantitative estimate of drug-likeness (QED) is 0.899. The van der Waals surface area contributed by atoms with Crippen molar-refractivity contribution in [2.45, 2.75) is 26.2 Å². The molecular formula is C14H19NO4. The standard InChI is InChI=1S/C14H19NO4/c1-10-6-12(18-2)7-11(15-10)8-14(13(16)17)4-3-5-19-9-14/h6-7H,3-5,8-9H2,1-2H3,(H,16,17). The normalized spacial score (nSPS) is 23.1. The Morgan fingerprint density at radius 3 is 2.95 bits per heavy atom. The number of aryl methyl sites for hydroxylation is 1. The topological polar surface area (TPSA) is 68.7 Å². The maximum absolute atomic E-state index is 11.6. The molecule has 2 rings (SSSR count). The van der Waals surface area contributed by atoms with Crippen LogP contribution >= 0.6 is 0 Å². The zero-order valence-electron chi connectivity index (χ0n) is 11.3. The SMILES string of the molecule is COc1cc(C)nc(CC2(C(=O)O)CCCOC2)c1. The Morgan fingerprint density at radius 1 is 1.58 bits per heavy atom. The van der Waals surface area contributed by atoms with Crippen LogP contribution in [0.15, 0.2) is 12.1 Å². The summed E-state index contributed by atoms with van der Waals surface area (Å²) in [6.07, 6.45) is 1.77. The van der Waals surface area contributed by atoms with Gasteiger partial charge in [-0.25, -0.2) is 0 Å².